The third kappa shape index (κ3) is 9.30. The van der Waals surface area contributed by atoms with Crippen LogP contribution in [0.1, 0.15) is 39.5 Å². The maximum absolute atomic E-state index is 3.64. The molecule has 0 rings (SSSR count). The summed E-state index contributed by atoms with van der Waals surface area (Å²) in [5.74, 6) is 7.06. The number of allylic oxidation sites excluding steroid dienone is 1. The summed E-state index contributed by atoms with van der Waals surface area (Å²) in [6.07, 6.45) is 6.18. The van der Waals surface area contributed by atoms with Gasteiger partial charge >= 0.3 is 0 Å². The van der Waals surface area contributed by atoms with Gasteiger partial charge in [-0.25, -0.2) is 0 Å². The fourth-order valence-corrected chi connectivity index (χ4v) is 0.712. The van der Waals surface area contributed by atoms with Gasteiger partial charge < -0.3 is 0 Å². The largest absolute Gasteiger partial charge is 0.103 e. The van der Waals surface area contributed by atoms with Gasteiger partial charge in [-0.05, 0) is 18.8 Å². The Kier molecular flexibility index (Phi) is 6.94. The van der Waals surface area contributed by atoms with Gasteiger partial charge in [0.25, 0.3) is 0 Å². The molecule has 0 aliphatic rings. The van der Waals surface area contributed by atoms with Crippen molar-refractivity contribution in [3.05, 3.63) is 12.7 Å². The summed E-state index contributed by atoms with van der Waals surface area (Å²) in [7, 11) is 0. The van der Waals surface area contributed by atoms with Crippen molar-refractivity contribution < 1.29 is 0 Å². The van der Waals surface area contributed by atoms with Gasteiger partial charge in [0.1, 0.15) is 0 Å². The minimum Gasteiger partial charge on any atom is -0.103 e. The van der Waals surface area contributed by atoms with Gasteiger partial charge in [0.15, 0.2) is 0 Å². The minimum absolute atomic E-state index is 0.781. The van der Waals surface area contributed by atoms with Crippen LogP contribution in [0.25, 0.3) is 0 Å². The van der Waals surface area contributed by atoms with Crippen LogP contribution in [0.3, 0.4) is 0 Å². The maximum Gasteiger partial charge on any atom is 0.0123 e. The normalized spacial score (nSPS) is 9.00. The van der Waals surface area contributed by atoms with Crippen LogP contribution in [0, 0.1) is 17.8 Å². The lowest BCUT2D eigenvalue weighted by atomic mass is 10.1. The van der Waals surface area contributed by atoms with Crippen molar-refractivity contribution in [1.29, 1.82) is 0 Å². The van der Waals surface area contributed by atoms with E-state index < -0.39 is 0 Å². The average molecular weight is 150 g/mol. The van der Waals surface area contributed by atoms with Crippen molar-refractivity contribution >= 4 is 0 Å². The van der Waals surface area contributed by atoms with E-state index >= 15 is 0 Å². The lowest BCUT2D eigenvalue weighted by Gasteiger charge is -1.96. The summed E-state index contributed by atoms with van der Waals surface area (Å²) in [5, 5.41) is 0. The van der Waals surface area contributed by atoms with E-state index in [1.54, 1.807) is 0 Å². The highest BCUT2D eigenvalue weighted by Gasteiger charge is 1.88. The molecule has 0 aromatic rings. The van der Waals surface area contributed by atoms with Gasteiger partial charge in [-0.2, -0.15) is 0 Å². The molecule has 0 bridgehead atoms. The molecule has 0 fully saturated rings. The molecular weight excluding hydrogens is 132 g/mol. The van der Waals surface area contributed by atoms with Crippen LogP contribution in [-0.2, 0) is 0 Å². The molecule has 0 aromatic heterocycles. The minimum atomic E-state index is 0.781. The Morgan fingerprint density at radius 1 is 1.27 bits per heavy atom. The number of unbranched alkanes of at least 4 members (excludes halogenated alkanes) is 1. The predicted octanol–water partition coefficient (Wildman–Crippen LogP) is 3.39. The van der Waals surface area contributed by atoms with Crippen LogP contribution >= 0.6 is 0 Å². The second-order valence-corrected chi connectivity index (χ2v) is 3.11. The summed E-state index contributed by atoms with van der Waals surface area (Å²) in [6, 6.07) is 0. The highest BCUT2D eigenvalue weighted by molar-refractivity contribution is 4.99. The first-order valence-corrected chi connectivity index (χ1v) is 4.34. The van der Waals surface area contributed by atoms with Crippen LogP contribution < -0.4 is 0 Å². The van der Waals surface area contributed by atoms with Crippen molar-refractivity contribution in [3.8, 4) is 11.8 Å². The fourth-order valence-electron chi connectivity index (χ4n) is 0.712. The standard InChI is InChI=1S/C11H18/c1-4-5-6-7-8-9-10-11(2)3/h4,11H,1,5-6,9-10H2,2-3H3. The molecule has 0 unspecified atom stereocenters. The molecule has 0 amide bonds. The Balaban J connectivity index is 3.18. The summed E-state index contributed by atoms with van der Waals surface area (Å²) < 4.78 is 0. The van der Waals surface area contributed by atoms with Crippen molar-refractivity contribution in [2.24, 2.45) is 5.92 Å². The molecule has 0 spiro atoms. The zero-order valence-electron chi connectivity index (χ0n) is 7.69. The van der Waals surface area contributed by atoms with E-state index in [1.165, 1.54) is 6.42 Å². The molecule has 0 aromatic carbocycles. The average Bonchev–Trinajstić information content (AvgIpc) is 1.96. The van der Waals surface area contributed by atoms with Crippen molar-refractivity contribution in [2.75, 3.05) is 0 Å². The molecule has 0 aliphatic heterocycles. The van der Waals surface area contributed by atoms with Crippen molar-refractivity contribution in [2.45, 2.75) is 39.5 Å². The second-order valence-electron chi connectivity index (χ2n) is 3.11. The Morgan fingerprint density at radius 2 is 1.91 bits per heavy atom. The molecule has 0 radical (unpaired) electrons. The van der Waals surface area contributed by atoms with E-state index in [2.05, 4.69) is 32.3 Å². The van der Waals surface area contributed by atoms with Gasteiger partial charge in [-0.15, -0.1) is 18.4 Å². The molecule has 11 heavy (non-hydrogen) atoms. The van der Waals surface area contributed by atoms with E-state index in [-0.39, 0.29) is 0 Å². The monoisotopic (exact) mass is 150 g/mol. The summed E-state index contributed by atoms with van der Waals surface area (Å²) >= 11 is 0. The van der Waals surface area contributed by atoms with Gasteiger partial charge in [0.05, 0.1) is 0 Å². The molecule has 0 aliphatic carbocycles. The quantitative estimate of drug-likeness (QED) is 0.327. The first-order chi connectivity index (χ1) is 5.27. The number of hydrogen-bond acceptors (Lipinski definition) is 0. The molecule has 0 saturated heterocycles. The maximum atomic E-state index is 3.64. The Morgan fingerprint density at radius 3 is 2.45 bits per heavy atom. The van der Waals surface area contributed by atoms with Gasteiger partial charge in [-0.1, -0.05) is 19.9 Å². The van der Waals surface area contributed by atoms with Crippen molar-refractivity contribution in [3.63, 3.8) is 0 Å². The topological polar surface area (TPSA) is 0 Å². The molecule has 0 atom stereocenters. The van der Waals surface area contributed by atoms with Crippen LogP contribution in [0.5, 0.6) is 0 Å². The zero-order valence-corrected chi connectivity index (χ0v) is 7.69. The van der Waals surface area contributed by atoms with Crippen LogP contribution in [0.15, 0.2) is 12.7 Å². The van der Waals surface area contributed by atoms with Gasteiger partial charge in [-0.3, -0.25) is 0 Å². The molecule has 0 saturated carbocycles. The Bertz CT molecular complexity index is 143. The summed E-state index contributed by atoms with van der Waals surface area (Å²) in [5.41, 5.74) is 0. The molecule has 0 heterocycles. The molecule has 0 heteroatoms. The third-order valence-electron chi connectivity index (χ3n) is 1.45. The van der Waals surface area contributed by atoms with E-state index in [0.717, 1.165) is 25.2 Å². The lowest BCUT2D eigenvalue weighted by molar-refractivity contribution is 0.599. The molecule has 62 valence electrons. The zero-order chi connectivity index (χ0) is 8.53. The summed E-state index contributed by atoms with van der Waals surface area (Å²) in [6.45, 7) is 8.09. The Hall–Kier alpha value is -0.700. The molecular formula is C11H18. The SMILES string of the molecule is C=CCCC#CCCC(C)C. The molecule has 0 N–H and O–H groups in total. The van der Waals surface area contributed by atoms with Gasteiger partial charge in [0, 0.05) is 12.8 Å². The third-order valence-corrected chi connectivity index (χ3v) is 1.45. The fraction of sp³-hybridized carbons (Fsp3) is 0.636. The van der Waals surface area contributed by atoms with Gasteiger partial charge in [0.2, 0.25) is 0 Å². The van der Waals surface area contributed by atoms with E-state index in [9.17, 15) is 0 Å². The molecule has 0 nitrogen and oxygen atoms in total. The first kappa shape index (κ1) is 10.3. The first-order valence-electron chi connectivity index (χ1n) is 4.34. The smallest absolute Gasteiger partial charge is 0.0123 e. The lowest BCUT2D eigenvalue weighted by Crippen LogP contribution is -1.83. The highest BCUT2D eigenvalue weighted by atomic mass is 13.9. The van der Waals surface area contributed by atoms with E-state index in [0.29, 0.717) is 0 Å². The van der Waals surface area contributed by atoms with E-state index in [4.69, 9.17) is 0 Å². The predicted molar refractivity (Wildman–Crippen MR) is 51.3 cm³/mol. The number of rotatable bonds is 4. The van der Waals surface area contributed by atoms with E-state index in [1.807, 2.05) is 6.08 Å². The highest BCUT2D eigenvalue weighted by Crippen LogP contribution is 2.01. The van der Waals surface area contributed by atoms with Crippen LogP contribution in [0.2, 0.25) is 0 Å². The summed E-state index contributed by atoms with van der Waals surface area (Å²) in [4.78, 5) is 0. The second kappa shape index (κ2) is 7.41. The van der Waals surface area contributed by atoms with Crippen LogP contribution in [0.4, 0.5) is 0 Å². The number of hydrogen-bond donors (Lipinski definition) is 0. The Labute approximate surface area is 70.7 Å². The van der Waals surface area contributed by atoms with Crippen LogP contribution in [-0.4, -0.2) is 0 Å². The van der Waals surface area contributed by atoms with Crippen molar-refractivity contribution in [1.82, 2.24) is 0 Å².